The number of benzene rings is 1. The summed E-state index contributed by atoms with van der Waals surface area (Å²) in [7, 11) is 0. The first kappa shape index (κ1) is 18.5. The second-order valence-electron chi connectivity index (χ2n) is 6.59. The molecule has 0 bridgehead atoms. The number of nitrogens with one attached hydrogen (secondary N) is 2. The highest BCUT2D eigenvalue weighted by atomic mass is 32.1. The number of carbonyl (C=O) groups is 2. The zero-order valence-electron chi connectivity index (χ0n) is 15.0. The number of amides is 2. The molecule has 2 heterocycles. The van der Waals surface area contributed by atoms with E-state index in [-0.39, 0.29) is 17.7 Å². The van der Waals surface area contributed by atoms with Crippen LogP contribution in [0.25, 0.3) is 0 Å². The number of aryl methyl sites for hydroxylation is 1. The summed E-state index contributed by atoms with van der Waals surface area (Å²) in [5.74, 6) is -0.298. The highest BCUT2D eigenvalue weighted by Crippen LogP contribution is 2.27. The molecule has 0 aliphatic carbocycles. The number of fused-ring (bicyclic) bond motifs is 1. The summed E-state index contributed by atoms with van der Waals surface area (Å²) >= 11 is 1.43. The predicted molar refractivity (Wildman–Crippen MR) is 103 cm³/mol. The molecule has 2 aromatic rings. The number of carbonyl (C=O) groups excluding carboxylic acids is 2. The van der Waals surface area contributed by atoms with Gasteiger partial charge in [-0.15, -0.1) is 10.2 Å². The Morgan fingerprint density at radius 3 is 3.00 bits per heavy atom. The van der Waals surface area contributed by atoms with Gasteiger partial charge in [-0.25, -0.2) is 0 Å². The SMILES string of the molecule is CCCCCc1nnc(NC(=O)CCC2Cc3ccccc3NC2=O)s1. The van der Waals surface area contributed by atoms with Crippen LogP contribution in [0.3, 0.4) is 0 Å². The molecular weight excluding hydrogens is 348 g/mol. The Morgan fingerprint density at radius 1 is 1.31 bits per heavy atom. The Bertz CT molecular complexity index is 774. The largest absolute Gasteiger partial charge is 0.326 e. The molecule has 1 aromatic carbocycles. The quantitative estimate of drug-likeness (QED) is 0.690. The van der Waals surface area contributed by atoms with Gasteiger partial charge in [0.1, 0.15) is 5.01 Å². The van der Waals surface area contributed by atoms with Crippen molar-refractivity contribution >= 4 is 34.0 Å². The zero-order valence-corrected chi connectivity index (χ0v) is 15.8. The second kappa shape index (κ2) is 8.89. The molecule has 2 N–H and O–H groups in total. The number of unbranched alkanes of at least 4 members (excludes halogenated alkanes) is 2. The van der Waals surface area contributed by atoms with E-state index in [1.54, 1.807) is 0 Å². The molecule has 1 aromatic heterocycles. The average Bonchev–Trinajstić information content (AvgIpc) is 3.07. The van der Waals surface area contributed by atoms with E-state index in [1.807, 2.05) is 24.3 Å². The molecular formula is C19H24N4O2S. The van der Waals surface area contributed by atoms with Crippen molar-refractivity contribution in [2.45, 2.75) is 51.9 Å². The summed E-state index contributed by atoms with van der Waals surface area (Å²) in [5.41, 5.74) is 2.00. The summed E-state index contributed by atoms with van der Waals surface area (Å²) in [4.78, 5) is 24.4. The number of aromatic nitrogens is 2. The van der Waals surface area contributed by atoms with Crippen LogP contribution in [-0.2, 0) is 22.4 Å². The van der Waals surface area contributed by atoms with Gasteiger partial charge < -0.3 is 10.6 Å². The number of anilines is 2. The first-order valence-corrected chi connectivity index (χ1v) is 9.98. The van der Waals surface area contributed by atoms with Gasteiger partial charge in [0.2, 0.25) is 16.9 Å². The molecule has 1 atom stereocenters. The van der Waals surface area contributed by atoms with Crippen LogP contribution in [0.1, 0.15) is 49.6 Å². The van der Waals surface area contributed by atoms with Crippen molar-refractivity contribution < 1.29 is 9.59 Å². The van der Waals surface area contributed by atoms with Crippen molar-refractivity contribution in [2.75, 3.05) is 10.6 Å². The maximum absolute atomic E-state index is 12.2. The first-order valence-electron chi connectivity index (χ1n) is 9.16. The molecule has 1 unspecified atom stereocenters. The van der Waals surface area contributed by atoms with Crippen LogP contribution in [0.5, 0.6) is 0 Å². The van der Waals surface area contributed by atoms with Gasteiger partial charge in [0.25, 0.3) is 0 Å². The van der Waals surface area contributed by atoms with E-state index in [2.05, 4.69) is 27.8 Å². The molecule has 0 saturated carbocycles. The smallest absolute Gasteiger partial charge is 0.227 e. The van der Waals surface area contributed by atoms with E-state index < -0.39 is 0 Å². The fourth-order valence-electron chi connectivity index (χ4n) is 3.06. The molecule has 6 nitrogen and oxygen atoms in total. The van der Waals surface area contributed by atoms with Crippen molar-refractivity contribution in [1.82, 2.24) is 10.2 Å². The van der Waals surface area contributed by atoms with Crippen molar-refractivity contribution in [3.8, 4) is 0 Å². The standard InChI is InChI=1S/C19H24N4O2S/c1-2-3-4-9-17-22-23-19(26-17)21-16(24)11-10-14-12-13-7-5-6-8-15(13)20-18(14)25/h5-8,14H,2-4,9-12H2,1H3,(H,20,25)(H,21,23,24). The number of hydrogen-bond donors (Lipinski definition) is 2. The van der Waals surface area contributed by atoms with Crippen molar-refractivity contribution in [1.29, 1.82) is 0 Å². The Labute approximate surface area is 157 Å². The van der Waals surface area contributed by atoms with E-state index >= 15 is 0 Å². The van der Waals surface area contributed by atoms with Crippen LogP contribution in [-0.4, -0.2) is 22.0 Å². The Morgan fingerprint density at radius 2 is 2.15 bits per heavy atom. The topological polar surface area (TPSA) is 84.0 Å². The third kappa shape index (κ3) is 4.88. The third-order valence-electron chi connectivity index (χ3n) is 4.54. The van der Waals surface area contributed by atoms with Crippen LogP contribution < -0.4 is 10.6 Å². The Kier molecular flexibility index (Phi) is 6.33. The fourth-order valence-corrected chi connectivity index (χ4v) is 3.86. The summed E-state index contributed by atoms with van der Waals surface area (Å²) in [6.07, 6.45) is 5.84. The zero-order chi connectivity index (χ0) is 18.4. The van der Waals surface area contributed by atoms with E-state index in [1.165, 1.54) is 24.2 Å². The highest BCUT2D eigenvalue weighted by Gasteiger charge is 2.26. The van der Waals surface area contributed by atoms with E-state index in [0.29, 0.717) is 24.4 Å². The third-order valence-corrected chi connectivity index (χ3v) is 5.44. The normalized spacial score (nSPS) is 16.0. The lowest BCUT2D eigenvalue weighted by Gasteiger charge is -2.24. The minimum Gasteiger partial charge on any atom is -0.326 e. The average molecular weight is 372 g/mol. The number of rotatable bonds is 8. The molecule has 0 saturated heterocycles. The molecule has 7 heteroatoms. The Hall–Kier alpha value is -2.28. The fraction of sp³-hybridized carbons (Fsp3) is 0.474. The molecule has 0 fully saturated rings. The predicted octanol–water partition coefficient (Wildman–Crippen LogP) is 3.80. The Balaban J connectivity index is 1.46. The van der Waals surface area contributed by atoms with Gasteiger partial charge in [-0.2, -0.15) is 0 Å². The molecule has 3 rings (SSSR count). The van der Waals surface area contributed by atoms with Gasteiger partial charge in [-0.3, -0.25) is 9.59 Å². The van der Waals surface area contributed by atoms with Crippen LogP contribution in [0.15, 0.2) is 24.3 Å². The maximum atomic E-state index is 12.2. The monoisotopic (exact) mass is 372 g/mol. The highest BCUT2D eigenvalue weighted by molar-refractivity contribution is 7.15. The van der Waals surface area contributed by atoms with Gasteiger partial charge in [0, 0.05) is 24.4 Å². The molecule has 0 spiro atoms. The summed E-state index contributed by atoms with van der Waals surface area (Å²) in [6, 6.07) is 7.80. The molecule has 26 heavy (non-hydrogen) atoms. The van der Waals surface area contributed by atoms with Gasteiger partial charge >= 0.3 is 0 Å². The molecule has 0 radical (unpaired) electrons. The van der Waals surface area contributed by atoms with Crippen molar-refractivity contribution in [3.05, 3.63) is 34.8 Å². The van der Waals surface area contributed by atoms with Crippen LogP contribution in [0.4, 0.5) is 10.8 Å². The minimum atomic E-state index is -0.172. The van der Waals surface area contributed by atoms with E-state index in [0.717, 1.165) is 29.1 Å². The van der Waals surface area contributed by atoms with Crippen LogP contribution in [0.2, 0.25) is 0 Å². The maximum Gasteiger partial charge on any atom is 0.227 e. The number of hydrogen-bond acceptors (Lipinski definition) is 5. The molecule has 1 aliphatic rings. The molecule has 138 valence electrons. The van der Waals surface area contributed by atoms with Crippen molar-refractivity contribution in [2.24, 2.45) is 5.92 Å². The number of nitrogens with zero attached hydrogens (tertiary/aromatic N) is 2. The lowest BCUT2D eigenvalue weighted by Crippen LogP contribution is -2.30. The van der Waals surface area contributed by atoms with Gasteiger partial charge in [-0.05, 0) is 30.9 Å². The van der Waals surface area contributed by atoms with Gasteiger partial charge in [0.05, 0.1) is 0 Å². The summed E-state index contributed by atoms with van der Waals surface area (Å²) in [6.45, 7) is 2.16. The minimum absolute atomic E-state index is 0.00868. The number of para-hydroxylation sites is 1. The van der Waals surface area contributed by atoms with E-state index in [4.69, 9.17) is 0 Å². The van der Waals surface area contributed by atoms with E-state index in [9.17, 15) is 9.59 Å². The van der Waals surface area contributed by atoms with Crippen LogP contribution in [0, 0.1) is 5.92 Å². The van der Waals surface area contributed by atoms with Gasteiger partial charge in [0.15, 0.2) is 0 Å². The summed E-state index contributed by atoms with van der Waals surface area (Å²) in [5, 5.41) is 15.4. The van der Waals surface area contributed by atoms with Crippen LogP contribution >= 0.6 is 11.3 Å². The summed E-state index contributed by atoms with van der Waals surface area (Å²) < 4.78 is 0. The van der Waals surface area contributed by atoms with Crippen molar-refractivity contribution in [3.63, 3.8) is 0 Å². The lowest BCUT2D eigenvalue weighted by molar-refractivity contribution is -0.121. The molecule has 2 amide bonds. The first-order chi connectivity index (χ1) is 12.7. The molecule has 1 aliphatic heterocycles. The second-order valence-corrected chi connectivity index (χ2v) is 7.65. The van der Waals surface area contributed by atoms with Gasteiger partial charge in [-0.1, -0.05) is 49.3 Å². The lowest BCUT2D eigenvalue weighted by atomic mass is 9.89.